The van der Waals surface area contributed by atoms with Crippen LogP contribution in [0.3, 0.4) is 0 Å². The first kappa shape index (κ1) is 22.6. The van der Waals surface area contributed by atoms with E-state index in [1.54, 1.807) is 7.11 Å². The molecule has 4 nitrogen and oxygen atoms in total. The fourth-order valence-corrected chi connectivity index (χ4v) is 4.89. The van der Waals surface area contributed by atoms with Crippen LogP contribution in [0.1, 0.15) is 79.4 Å². The second kappa shape index (κ2) is 10.2. The number of carboxylic acids is 1. The van der Waals surface area contributed by atoms with Crippen LogP contribution in [0.15, 0.2) is 6.07 Å². The van der Waals surface area contributed by atoms with Crippen molar-refractivity contribution in [2.75, 3.05) is 13.7 Å². The molecule has 1 aromatic heterocycles. The number of ketones is 1. The van der Waals surface area contributed by atoms with E-state index in [1.165, 1.54) is 11.3 Å². The highest BCUT2D eigenvalue weighted by Gasteiger charge is 2.37. The average molecular weight is 405 g/mol. The first-order valence-electron chi connectivity index (χ1n) is 10.2. The third kappa shape index (κ3) is 5.68. The Hall–Kier alpha value is -1.64. The maximum atomic E-state index is 13.5. The molecule has 1 aromatic rings. The van der Waals surface area contributed by atoms with Gasteiger partial charge in [-0.15, -0.1) is 11.3 Å². The molecule has 2 atom stereocenters. The van der Waals surface area contributed by atoms with Gasteiger partial charge in [0, 0.05) is 31.5 Å². The third-order valence-corrected chi connectivity index (χ3v) is 6.55. The van der Waals surface area contributed by atoms with Gasteiger partial charge < -0.3 is 9.84 Å². The van der Waals surface area contributed by atoms with E-state index in [4.69, 9.17) is 4.74 Å². The van der Waals surface area contributed by atoms with Crippen LogP contribution in [-0.4, -0.2) is 30.6 Å². The fraction of sp³-hybridized carbons (Fsp3) is 0.652. The summed E-state index contributed by atoms with van der Waals surface area (Å²) in [5, 5.41) is 9.76. The normalized spacial score (nSPS) is 21.6. The van der Waals surface area contributed by atoms with Crippen LogP contribution < -0.4 is 0 Å². The molecule has 1 aliphatic carbocycles. The number of carboxylic acid groups (broad SMARTS) is 1. The fourth-order valence-electron chi connectivity index (χ4n) is 3.98. The minimum absolute atomic E-state index is 0.00671. The van der Waals surface area contributed by atoms with Crippen LogP contribution in [0.5, 0.6) is 0 Å². The van der Waals surface area contributed by atoms with Gasteiger partial charge in [-0.1, -0.05) is 52.4 Å². The largest absolute Gasteiger partial charge is 0.477 e. The number of hydrogen-bond donors (Lipinski definition) is 1. The molecular formula is C23H32O4S. The van der Waals surface area contributed by atoms with E-state index in [0.717, 1.165) is 25.7 Å². The van der Waals surface area contributed by atoms with Crippen LogP contribution in [0.2, 0.25) is 0 Å². The molecule has 0 amide bonds. The van der Waals surface area contributed by atoms with Crippen molar-refractivity contribution in [3.05, 3.63) is 21.4 Å². The molecule has 28 heavy (non-hydrogen) atoms. The van der Waals surface area contributed by atoms with Crippen molar-refractivity contribution in [2.45, 2.75) is 59.3 Å². The Morgan fingerprint density at radius 1 is 1.25 bits per heavy atom. The molecule has 0 radical (unpaired) electrons. The van der Waals surface area contributed by atoms with Gasteiger partial charge in [0.1, 0.15) is 10.7 Å². The third-order valence-electron chi connectivity index (χ3n) is 5.50. The summed E-state index contributed by atoms with van der Waals surface area (Å²) in [7, 11) is 1.62. The van der Waals surface area contributed by atoms with Gasteiger partial charge in [0.05, 0.1) is 4.88 Å². The molecule has 1 heterocycles. The molecule has 2 rings (SSSR count). The Labute approximate surface area is 172 Å². The second-order valence-electron chi connectivity index (χ2n) is 8.39. The topological polar surface area (TPSA) is 63.6 Å². The summed E-state index contributed by atoms with van der Waals surface area (Å²) < 4.78 is 5.32. The van der Waals surface area contributed by atoms with Gasteiger partial charge in [0.15, 0.2) is 0 Å². The first-order valence-corrected chi connectivity index (χ1v) is 11.0. The molecule has 1 N–H and O–H groups in total. The van der Waals surface area contributed by atoms with Crippen molar-refractivity contribution in [1.29, 1.82) is 0 Å². The number of hydrogen-bond acceptors (Lipinski definition) is 4. The van der Waals surface area contributed by atoms with E-state index in [1.807, 2.05) is 26.8 Å². The zero-order chi connectivity index (χ0) is 20.8. The van der Waals surface area contributed by atoms with Gasteiger partial charge >= 0.3 is 5.97 Å². The lowest BCUT2D eigenvalue weighted by atomic mass is 9.73. The van der Waals surface area contributed by atoms with E-state index in [-0.39, 0.29) is 28.4 Å². The van der Waals surface area contributed by atoms with Crippen molar-refractivity contribution in [3.8, 4) is 11.8 Å². The monoisotopic (exact) mass is 404 g/mol. The minimum atomic E-state index is -0.989. The van der Waals surface area contributed by atoms with Gasteiger partial charge in [-0.05, 0) is 36.3 Å². The van der Waals surface area contributed by atoms with E-state index in [0.29, 0.717) is 23.0 Å². The van der Waals surface area contributed by atoms with Gasteiger partial charge in [-0.3, -0.25) is 4.79 Å². The maximum Gasteiger partial charge on any atom is 0.346 e. The standard InChI is InChI=1S/C23H32O4S/c1-14(2)6-11-18-12-19(22(28-18)23(25)26)20(16(4)13-27-5)21(24)17-9-7-15(3)8-10-17/h12,14-17,20H,7-10,13H2,1-5H3,(H,25,26)/t15?,16-,17?,20?/m1/s1. The van der Waals surface area contributed by atoms with E-state index in [9.17, 15) is 14.7 Å². The van der Waals surface area contributed by atoms with Crippen LogP contribution in [0.25, 0.3) is 0 Å². The highest BCUT2D eigenvalue weighted by Crippen LogP contribution is 2.39. The highest BCUT2D eigenvalue weighted by atomic mass is 32.1. The predicted molar refractivity (Wildman–Crippen MR) is 113 cm³/mol. The number of aromatic carboxylic acids is 1. The van der Waals surface area contributed by atoms with E-state index in [2.05, 4.69) is 18.8 Å². The van der Waals surface area contributed by atoms with Gasteiger partial charge in [0.25, 0.3) is 0 Å². The molecule has 0 aromatic carbocycles. The van der Waals surface area contributed by atoms with Crippen LogP contribution in [0.4, 0.5) is 0 Å². The maximum absolute atomic E-state index is 13.5. The molecular weight excluding hydrogens is 372 g/mol. The van der Waals surface area contributed by atoms with Crippen molar-refractivity contribution < 1.29 is 19.4 Å². The summed E-state index contributed by atoms with van der Waals surface area (Å²) in [5.41, 5.74) is 0.610. The van der Waals surface area contributed by atoms with Gasteiger partial charge in [-0.25, -0.2) is 4.79 Å². The van der Waals surface area contributed by atoms with E-state index >= 15 is 0 Å². The van der Waals surface area contributed by atoms with Crippen LogP contribution >= 0.6 is 11.3 Å². The molecule has 154 valence electrons. The lowest BCUT2D eigenvalue weighted by Gasteiger charge is -2.30. The van der Waals surface area contributed by atoms with Crippen LogP contribution in [0, 0.1) is 35.5 Å². The second-order valence-corrected chi connectivity index (χ2v) is 9.45. The smallest absolute Gasteiger partial charge is 0.346 e. The van der Waals surface area contributed by atoms with Gasteiger partial charge in [-0.2, -0.15) is 0 Å². The molecule has 0 aliphatic heterocycles. The number of methoxy groups -OCH3 is 1. The Kier molecular flexibility index (Phi) is 8.27. The minimum Gasteiger partial charge on any atom is -0.477 e. The zero-order valence-corrected chi connectivity index (χ0v) is 18.4. The lowest BCUT2D eigenvalue weighted by Crippen LogP contribution is -2.31. The molecule has 5 heteroatoms. The number of ether oxygens (including phenoxy) is 1. The number of carbonyl (C=O) groups is 2. The average Bonchev–Trinajstić information content (AvgIpc) is 3.05. The SMILES string of the molecule is COC[C@@H](C)C(C(=O)C1CCC(C)CC1)c1cc(C#CC(C)C)sc1C(=O)O. The summed E-state index contributed by atoms with van der Waals surface area (Å²) in [6.07, 6.45) is 3.90. The summed E-state index contributed by atoms with van der Waals surface area (Å²) in [6, 6.07) is 1.82. The van der Waals surface area contributed by atoms with E-state index < -0.39 is 11.9 Å². The molecule has 0 bridgehead atoms. The molecule has 1 unspecified atom stereocenters. The number of carbonyl (C=O) groups excluding carboxylic acids is 1. The summed E-state index contributed by atoms with van der Waals surface area (Å²) >= 11 is 1.17. The highest BCUT2D eigenvalue weighted by molar-refractivity contribution is 7.14. The molecule has 0 spiro atoms. The number of thiophene rings is 1. The first-order chi connectivity index (χ1) is 13.2. The Morgan fingerprint density at radius 3 is 2.43 bits per heavy atom. The Balaban J connectivity index is 2.44. The number of Topliss-reactive ketones (excluding diaryl/α,β-unsaturated/α-hetero) is 1. The van der Waals surface area contributed by atoms with Crippen molar-refractivity contribution in [1.82, 2.24) is 0 Å². The molecule has 1 saturated carbocycles. The molecule has 1 fully saturated rings. The zero-order valence-electron chi connectivity index (χ0n) is 17.6. The molecule has 1 aliphatic rings. The summed E-state index contributed by atoms with van der Waals surface area (Å²) in [5.74, 6) is 5.66. The van der Waals surface area contributed by atoms with Gasteiger partial charge in [0.2, 0.25) is 0 Å². The lowest BCUT2D eigenvalue weighted by molar-refractivity contribution is -0.127. The van der Waals surface area contributed by atoms with Crippen molar-refractivity contribution in [2.24, 2.45) is 23.7 Å². The van der Waals surface area contributed by atoms with Crippen molar-refractivity contribution in [3.63, 3.8) is 0 Å². The summed E-state index contributed by atoms with van der Waals surface area (Å²) in [4.78, 5) is 26.4. The quantitative estimate of drug-likeness (QED) is 0.633. The van der Waals surface area contributed by atoms with Crippen molar-refractivity contribution >= 4 is 23.1 Å². The Morgan fingerprint density at radius 2 is 1.89 bits per heavy atom. The summed E-state index contributed by atoms with van der Waals surface area (Å²) in [6.45, 7) is 8.61. The predicted octanol–water partition coefficient (Wildman–Crippen LogP) is 5.22. The Bertz CT molecular complexity index is 744. The number of rotatable bonds is 7. The molecule has 0 saturated heterocycles. The van der Waals surface area contributed by atoms with Crippen LogP contribution in [-0.2, 0) is 9.53 Å².